The fourth-order valence-electron chi connectivity index (χ4n) is 3.67. The minimum absolute atomic E-state index is 0.105. The highest BCUT2D eigenvalue weighted by atomic mass is 16.5. The Hall–Kier alpha value is -3.13. The van der Waals surface area contributed by atoms with Crippen LogP contribution in [0.2, 0.25) is 0 Å². The van der Waals surface area contributed by atoms with Crippen LogP contribution < -0.4 is 11.1 Å². The number of nitrogens with two attached hydrogens (primary N) is 1. The summed E-state index contributed by atoms with van der Waals surface area (Å²) < 4.78 is 6.81. The third kappa shape index (κ3) is 4.65. The quantitative estimate of drug-likeness (QED) is 0.724. The first kappa shape index (κ1) is 20.6. The number of ether oxygens (including phenoxy) is 1. The molecule has 0 radical (unpaired) electrons. The lowest BCUT2D eigenvalue weighted by Gasteiger charge is -2.36. The number of rotatable bonds is 6. The number of benzene rings is 1. The van der Waals surface area contributed by atoms with Gasteiger partial charge in [0, 0.05) is 36.6 Å². The summed E-state index contributed by atoms with van der Waals surface area (Å²) >= 11 is 0. The number of anilines is 1. The van der Waals surface area contributed by atoms with Crippen molar-refractivity contribution in [2.75, 3.05) is 25.5 Å². The van der Waals surface area contributed by atoms with Crippen molar-refractivity contribution in [2.45, 2.75) is 31.8 Å². The van der Waals surface area contributed by atoms with Crippen LogP contribution >= 0.6 is 0 Å². The van der Waals surface area contributed by atoms with Crippen molar-refractivity contribution >= 4 is 23.5 Å². The summed E-state index contributed by atoms with van der Waals surface area (Å²) in [6.45, 7) is 3.38. The summed E-state index contributed by atoms with van der Waals surface area (Å²) in [5.74, 6) is -0.948. The molecule has 2 aromatic rings. The summed E-state index contributed by atoms with van der Waals surface area (Å²) in [5.41, 5.74) is 6.80. The molecule has 2 heterocycles. The molecule has 1 aliphatic heterocycles. The predicted octanol–water partition coefficient (Wildman–Crippen LogP) is 2.04. The van der Waals surface area contributed by atoms with Crippen molar-refractivity contribution in [3.05, 3.63) is 53.9 Å². The van der Waals surface area contributed by atoms with Crippen LogP contribution in [0.5, 0.6) is 0 Å². The predicted molar refractivity (Wildman–Crippen MR) is 109 cm³/mol. The summed E-state index contributed by atoms with van der Waals surface area (Å²) in [5, 5.41) is 2.88. The Morgan fingerprint density at radius 2 is 1.79 bits per heavy atom. The minimum atomic E-state index is -0.503. The summed E-state index contributed by atoms with van der Waals surface area (Å²) in [4.78, 5) is 37.8. The van der Waals surface area contributed by atoms with E-state index in [1.54, 1.807) is 30.3 Å². The van der Waals surface area contributed by atoms with Crippen LogP contribution in [-0.4, -0.2) is 53.5 Å². The SMILES string of the molecule is COC(=O)c1cccn1C1CCN(C(C)C(=O)Nc2ccc(C(N)=O)cc2)CC1. The van der Waals surface area contributed by atoms with E-state index in [0.717, 1.165) is 25.9 Å². The Kier molecular flexibility index (Phi) is 6.33. The zero-order valence-electron chi connectivity index (χ0n) is 16.6. The van der Waals surface area contributed by atoms with E-state index >= 15 is 0 Å². The zero-order valence-corrected chi connectivity index (χ0v) is 16.6. The van der Waals surface area contributed by atoms with Gasteiger partial charge in [0.2, 0.25) is 11.8 Å². The maximum absolute atomic E-state index is 12.6. The van der Waals surface area contributed by atoms with Gasteiger partial charge in [0.05, 0.1) is 13.2 Å². The molecule has 8 heteroatoms. The standard InChI is InChI=1S/C21H26N4O4/c1-14(20(27)23-16-7-5-15(6-8-16)19(22)26)24-12-9-17(10-13-24)25-11-3-4-18(25)21(28)29-2/h3-8,11,14,17H,9-10,12-13H2,1-2H3,(H2,22,26)(H,23,27). The van der Waals surface area contributed by atoms with E-state index in [0.29, 0.717) is 16.9 Å². The fraction of sp³-hybridized carbons (Fsp3) is 0.381. The third-order valence-electron chi connectivity index (χ3n) is 5.43. The van der Waals surface area contributed by atoms with Crippen LogP contribution in [0.15, 0.2) is 42.6 Å². The normalized spacial score (nSPS) is 16.2. The number of aromatic nitrogens is 1. The summed E-state index contributed by atoms with van der Waals surface area (Å²) in [6.07, 6.45) is 3.58. The van der Waals surface area contributed by atoms with Gasteiger partial charge in [0.25, 0.3) is 0 Å². The smallest absolute Gasteiger partial charge is 0.354 e. The van der Waals surface area contributed by atoms with Gasteiger partial charge in [0.1, 0.15) is 5.69 Å². The van der Waals surface area contributed by atoms with Gasteiger partial charge in [0.15, 0.2) is 0 Å². The molecular weight excluding hydrogens is 372 g/mol. The molecule has 2 amide bonds. The average Bonchev–Trinajstić information content (AvgIpc) is 3.23. The first-order valence-electron chi connectivity index (χ1n) is 9.60. The number of esters is 1. The number of hydrogen-bond acceptors (Lipinski definition) is 5. The Morgan fingerprint density at radius 1 is 1.14 bits per heavy atom. The third-order valence-corrected chi connectivity index (χ3v) is 5.43. The highest BCUT2D eigenvalue weighted by Crippen LogP contribution is 2.26. The van der Waals surface area contributed by atoms with Gasteiger partial charge >= 0.3 is 5.97 Å². The molecule has 3 N–H and O–H groups in total. The lowest BCUT2D eigenvalue weighted by atomic mass is 10.0. The molecule has 1 atom stereocenters. The molecule has 0 spiro atoms. The molecule has 1 aromatic heterocycles. The lowest BCUT2D eigenvalue weighted by Crippen LogP contribution is -2.46. The van der Waals surface area contributed by atoms with Crippen molar-refractivity contribution in [2.24, 2.45) is 5.73 Å². The molecule has 0 saturated carbocycles. The maximum atomic E-state index is 12.6. The molecule has 8 nitrogen and oxygen atoms in total. The van der Waals surface area contributed by atoms with E-state index in [4.69, 9.17) is 10.5 Å². The van der Waals surface area contributed by atoms with Crippen LogP contribution in [0.1, 0.15) is 46.7 Å². The van der Waals surface area contributed by atoms with Gasteiger partial charge in [-0.1, -0.05) is 0 Å². The lowest BCUT2D eigenvalue weighted by molar-refractivity contribution is -0.121. The number of nitrogens with zero attached hydrogens (tertiary/aromatic N) is 2. The Labute approximate surface area is 169 Å². The van der Waals surface area contributed by atoms with Crippen molar-refractivity contribution in [1.29, 1.82) is 0 Å². The van der Waals surface area contributed by atoms with Crippen LogP contribution in [0.25, 0.3) is 0 Å². The molecule has 0 aliphatic carbocycles. The van der Waals surface area contributed by atoms with Crippen LogP contribution in [0, 0.1) is 0 Å². The van der Waals surface area contributed by atoms with E-state index < -0.39 is 5.91 Å². The van der Waals surface area contributed by atoms with E-state index in [2.05, 4.69) is 10.2 Å². The van der Waals surface area contributed by atoms with Crippen LogP contribution in [0.4, 0.5) is 5.69 Å². The Bertz CT molecular complexity index is 882. The second kappa shape index (κ2) is 8.91. The molecule has 29 heavy (non-hydrogen) atoms. The zero-order chi connectivity index (χ0) is 21.0. The highest BCUT2D eigenvalue weighted by molar-refractivity contribution is 5.96. The van der Waals surface area contributed by atoms with Crippen molar-refractivity contribution < 1.29 is 19.1 Å². The fourth-order valence-corrected chi connectivity index (χ4v) is 3.67. The van der Waals surface area contributed by atoms with Crippen LogP contribution in [-0.2, 0) is 9.53 Å². The summed E-state index contributed by atoms with van der Waals surface area (Å²) in [7, 11) is 1.38. The van der Waals surface area contributed by atoms with Gasteiger partial charge in [-0.3, -0.25) is 14.5 Å². The number of primary amides is 1. The van der Waals surface area contributed by atoms with Crippen molar-refractivity contribution in [3.8, 4) is 0 Å². The number of piperidine rings is 1. The topological polar surface area (TPSA) is 107 Å². The Morgan fingerprint density at radius 3 is 2.38 bits per heavy atom. The largest absolute Gasteiger partial charge is 0.464 e. The maximum Gasteiger partial charge on any atom is 0.354 e. The molecule has 3 rings (SSSR count). The van der Waals surface area contributed by atoms with Gasteiger partial charge < -0.3 is 20.4 Å². The summed E-state index contributed by atoms with van der Waals surface area (Å²) in [6, 6.07) is 10.0. The molecule has 1 aliphatic rings. The molecule has 1 aromatic carbocycles. The number of carbonyl (C=O) groups excluding carboxylic acids is 3. The van der Waals surface area contributed by atoms with Crippen molar-refractivity contribution in [1.82, 2.24) is 9.47 Å². The Balaban J connectivity index is 1.56. The van der Waals surface area contributed by atoms with Crippen molar-refractivity contribution in [3.63, 3.8) is 0 Å². The van der Waals surface area contributed by atoms with E-state index in [1.807, 2.05) is 23.8 Å². The van der Waals surface area contributed by atoms with E-state index in [-0.39, 0.29) is 24.0 Å². The second-order valence-corrected chi connectivity index (χ2v) is 7.17. The highest BCUT2D eigenvalue weighted by Gasteiger charge is 2.28. The van der Waals surface area contributed by atoms with Gasteiger partial charge in [-0.15, -0.1) is 0 Å². The van der Waals surface area contributed by atoms with E-state index in [1.165, 1.54) is 7.11 Å². The molecule has 1 fully saturated rings. The number of carbonyl (C=O) groups is 3. The molecular formula is C21H26N4O4. The first-order valence-corrected chi connectivity index (χ1v) is 9.60. The number of likely N-dealkylation sites (tertiary alicyclic amines) is 1. The second-order valence-electron chi connectivity index (χ2n) is 7.17. The van der Waals surface area contributed by atoms with Gasteiger partial charge in [-0.25, -0.2) is 4.79 Å². The number of methoxy groups -OCH3 is 1. The van der Waals surface area contributed by atoms with Gasteiger partial charge in [-0.2, -0.15) is 0 Å². The average molecular weight is 398 g/mol. The molecule has 1 saturated heterocycles. The number of hydrogen-bond donors (Lipinski definition) is 2. The number of amides is 2. The monoisotopic (exact) mass is 398 g/mol. The molecule has 154 valence electrons. The minimum Gasteiger partial charge on any atom is -0.464 e. The number of nitrogens with one attached hydrogen (secondary N) is 1. The van der Waals surface area contributed by atoms with Gasteiger partial charge in [-0.05, 0) is 56.2 Å². The van der Waals surface area contributed by atoms with E-state index in [9.17, 15) is 14.4 Å². The molecule has 1 unspecified atom stereocenters. The molecule has 0 bridgehead atoms. The first-order chi connectivity index (χ1) is 13.9. The van der Waals surface area contributed by atoms with Crippen LogP contribution in [0.3, 0.4) is 0 Å².